The lowest BCUT2D eigenvalue weighted by atomic mass is 10.3. The quantitative estimate of drug-likeness (QED) is 0.395. The molecule has 1 N–H and O–H groups in total. The number of amides is 1. The van der Waals surface area contributed by atoms with Crippen LogP contribution in [0.4, 0.5) is 10.2 Å². The zero-order chi connectivity index (χ0) is 23.7. The summed E-state index contributed by atoms with van der Waals surface area (Å²) in [5.74, 6) is -0.221. The van der Waals surface area contributed by atoms with Crippen LogP contribution in [0.3, 0.4) is 0 Å². The topological polar surface area (TPSA) is 99.7 Å². The summed E-state index contributed by atoms with van der Waals surface area (Å²) in [7, 11) is 0. The van der Waals surface area contributed by atoms with Crippen molar-refractivity contribution in [3.8, 4) is 17.3 Å². The van der Waals surface area contributed by atoms with Crippen LogP contribution in [0, 0.1) is 12.7 Å². The van der Waals surface area contributed by atoms with Crippen molar-refractivity contribution in [2.75, 3.05) is 11.9 Å². The Morgan fingerprint density at radius 2 is 1.91 bits per heavy atom. The van der Waals surface area contributed by atoms with Crippen LogP contribution in [-0.2, 0) is 4.79 Å². The summed E-state index contributed by atoms with van der Waals surface area (Å²) < 4.78 is 22.2. The molecular weight excluding hydrogens is 461 g/mol. The summed E-state index contributed by atoms with van der Waals surface area (Å²) in [6, 6.07) is 14.8. The molecule has 1 amide bonds. The normalized spacial score (nSPS) is 11.0. The van der Waals surface area contributed by atoms with Crippen molar-refractivity contribution in [1.29, 1.82) is 0 Å². The number of carbonyl (C=O) groups is 1. The van der Waals surface area contributed by atoms with Gasteiger partial charge in [-0.1, -0.05) is 23.7 Å². The van der Waals surface area contributed by atoms with E-state index >= 15 is 0 Å². The Morgan fingerprint density at radius 1 is 1.12 bits per heavy atom. The molecule has 0 aliphatic heterocycles. The number of para-hydroxylation sites is 1. The fraction of sp³-hybridized carbons (Fsp3) is 0.0870. The Balaban J connectivity index is 1.44. The van der Waals surface area contributed by atoms with Crippen molar-refractivity contribution in [3.05, 3.63) is 83.7 Å². The Labute approximate surface area is 197 Å². The van der Waals surface area contributed by atoms with Crippen molar-refractivity contribution < 1.29 is 13.9 Å². The number of fused-ring (bicyclic) bond motifs is 1. The average molecular weight is 478 g/mol. The summed E-state index contributed by atoms with van der Waals surface area (Å²) in [6.45, 7) is 1.41. The van der Waals surface area contributed by atoms with Crippen LogP contribution < -0.4 is 10.1 Å². The van der Waals surface area contributed by atoms with E-state index in [1.54, 1.807) is 48.1 Å². The second-order valence-corrected chi connectivity index (χ2v) is 7.75. The lowest BCUT2D eigenvalue weighted by Gasteiger charge is -2.10. The van der Waals surface area contributed by atoms with Gasteiger partial charge in [-0.25, -0.2) is 19.0 Å². The summed E-state index contributed by atoms with van der Waals surface area (Å²) in [5, 5.41) is 12.9. The second-order valence-electron chi connectivity index (χ2n) is 7.32. The minimum atomic E-state index is -0.544. The van der Waals surface area contributed by atoms with Gasteiger partial charge in [0.15, 0.2) is 29.6 Å². The van der Waals surface area contributed by atoms with Gasteiger partial charge in [-0.15, -0.1) is 0 Å². The molecule has 0 unspecified atom stereocenters. The van der Waals surface area contributed by atoms with Gasteiger partial charge in [0.05, 0.1) is 23.0 Å². The largest absolute Gasteiger partial charge is 0.481 e. The molecule has 9 nitrogen and oxygen atoms in total. The molecule has 0 aliphatic rings. The molecular formula is C23H17ClFN7O2. The first-order valence-corrected chi connectivity index (χ1v) is 10.6. The number of hydrogen-bond donors (Lipinski definition) is 1. The molecule has 5 aromatic rings. The number of carbonyl (C=O) groups excluding carboxylic acids is 1. The van der Waals surface area contributed by atoms with Gasteiger partial charge in [0.25, 0.3) is 5.91 Å². The highest BCUT2D eigenvalue weighted by Gasteiger charge is 2.18. The molecule has 0 aliphatic carbocycles. The number of benzene rings is 2. The standard InChI is InChI=1S/C23H17ClFN7O2/c1-14-10-20(29-21(33)12-34-19-5-3-2-4-18(19)25)32(30-14)23-17-11-28-31(22(17)26-13-27-23)16-8-6-15(24)7-9-16/h2-11,13H,12H2,1H3,(H,29,33). The number of halogens is 2. The maximum Gasteiger partial charge on any atom is 0.263 e. The van der Waals surface area contributed by atoms with Gasteiger partial charge in [0, 0.05) is 11.1 Å². The Kier molecular flexibility index (Phi) is 5.64. The molecule has 0 fully saturated rings. The van der Waals surface area contributed by atoms with Crippen molar-refractivity contribution in [2.45, 2.75) is 6.92 Å². The maximum atomic E-state index is 13.7. The lowest BCUT2D eigenvalue weighted by Crippen LogP contribution is -2.22. The third-order valence-electron chi connectivity index (χ3n) is 4.91. The number of nitrogens with zero attached hydrogens (tertiary/aromatic N) is 6. The summed E-state index contributed by atoms with van der Waals surface area (Å²) in [4.78, 5) is 21.2. The SMILES string of the molecule is Cc1cc(NC(=O)COc2ccccc2F)n(-c2ncnc3c2cnn3-c2ccc(Cl)cc2)n1. The summed E-state index contributed by atoms with van der Waals surface area (Å²) >= 11 is 5.99. The van der Waals surface area contributed by atoms with Gasteiger partial charge in [0.2, 0.25) is 0 Å². The monoisotopic (exact) mass is 477 g/mol. The third-order valence-corrected chi connectivity index (χ3v) is 5.16. The molecule has 11 heteroatoms. The molecule has 0 saturated carbocycles. The molecule has 0 saturated heterocycles. The number of ether oxygens (including phenoxy) is 1. The van der Waals surface area contributed by atoms with Gasteiger partial charge < -0.3 is 10.1 Å². The van der Waals surface area contributed by atoms with Crippen molar-refractivity contribution >= 4 is 34.4 Å². The van der Waals surface area contributed by atoms with Gasteiger partial charge >= 0.3 is 0 Å². The Hall–Kier alpha value is -4.31. The third kappa shape index (κ3) is 4.18. The van der Waals surface area contributed by atoms with E-state index in [-0.39, 0.29) is 12.4 Å². The molecule has 5 rings (SSSR count). The number of rotatable bonds is 6. The molecule has 0 spiro atoms. The van der Waals surface area contributed by atoms with Gasteiger partial charge in [-0.3, -0.25) is 4.79 Å². The van der Waals surface area contributed by atoms with E-state index in [1.807, 2.05) is 12.1 Å². The second kappa shape index (κ2) is 8.91. The van der Waals surface area contributed by atoms with E-state index in [4.69, 9.17) is 16.3 Å². The number of aromatic nitrogens is 6. The zero-order valence-corrected chi connectivity index (χ0v) is 18.6. The van der Waals surface area contributed by atoms with Gasteiger partial charge in [0.1, 0.15) is 12.1 Å². The molecule has 2 aromatic carbocycles. The van der Waals surface area contributed by atoms with Crippen LogP contribution in [0.5, 0.6) is 5.75 Å². The molecule has 0 bridgehead atoms. The fourth-order valence-electron chi connectivity index (χ4n) is 3.41. The first kappa shape index (κ1) is 21.5. The predicted molar refractivity (Wildman–Crippen MR) is 124 cm³/mol. The van der Waals surface area contributed by atoms with E-state index in [0.717, 1.165) is 5.69 Å². The van der Waals surface area contributed by atoms with E-state index in [0.29, 0.717) is 33.4 Å². The highest BCUT2D eigenvalue weighted by Crippen LogP contribution is 2.25. The van der Waals surface area contributed by atoms with Crippen LogP contribution in [0.1, 0.15) is 5.69 Å². The number of nitrogens with one attached hydrogen (secondary N) is 1. The molecule has 3 aromatic heterocycles. The predicted octanol–water partition coefficient (Wildman–Crippen LogP) is 4.12. The van der Waals surface area contributed by atoms with Crippen LogP contribution in [0.25, 0.3) is 22.5 Å². The van der Waals surface area contributed by atoms with Gasteiger partial charge in [-0.2, -0.15) is 14.9 Å². The van der Waals surface area contributed by atoms with E-state index < -0.39 is 11.7 Å². The average Bonchev–Trinajstić information content (AvgIpc) is 3.42. The minimum absolute atomic E-state index is 0.00513. The van der Waals surface area contributed by atoms with Crippen LogP contribution in [0.15, 0.2) is 67.1 Å². The van der Waals surface area contributed by atoms with Crippen molar-refractivity contribution in [2.24, 2.45) is 0 Å². The molecule has 0 atom stereocenters. The van der Waals surface area contributed by atoms with E-state index in [9.17, 15) is 9.18 Å². The summed E-state index contributed by atoms with van der Waals surface area (Å²) in [5.41, 5.74) is 1.99. The lowest BCUT2D eigenvalue weighted by molar-refractivity contribution is -0.118. The Morgan fingerprint density at radius 3 is 2.71 bits per heavy atom. The molecule has 3 heterocycles. The molecule has 0 radical (unpaired) electrons. The Bertz CT molecular complexity index is 1500. The minimum Gasteiger partial charge on any atom is -0.481 e. The molecule has 170 valence electrons. The van der Waals surface area contributed by atoms with E-state index in [1.165, 1.54) is 23.1 Å². The van der Waals surface area contributed by atoms with Crippen LogP contribution >= 0.6 is 11.6 Å². The van der Waals surface area contributed by atoms with Crippen molar-refractivity contribution in [1.82, 2.24) is 29.5 Å². The fourth-order valence-corrected chi connectivity index (χ4v) is 3.53. The highest BCUT2D eigenvalue weighted by atomic mass is 35.5. The number of aryl methyl sites for hydroxylation is 1. The summed E-state index contributed by atoms with van der Waals surface area (Å²) in [6.07, 6.45) is 3.03. The van der Waals surface area contributed by atoms with Crippen LogP contribution in [0.2, 0.25) is 5.02 Å². The zero-order valence-electron chi connectivity index (χ0n) is 17.8. The van der Waals surface area contributed by atoms with Crippen molar-refractivity contribution in [3.63, 3.8) is 0 Å². The smallest absolute Gasteiger partial charge is 0.263 e. The molecule has 34 heavy (non-hydrogen) atoms. The first-order valence-electron chi connectivity index (χ1n) is 10.2. The highest BCUT2D eigenvalue weighted by molar-refractivity contribution is 6.30. The first-order chi connectivity index (χ1) is 16.5. The van der Waals surface area contributed by atoms with Crippen LogP contribution in [-0.4, -0.2) is 42.0 Å². The van der Waals surface area contributed by atoms with E-state index in [2.05, 4.69) is 25.5 Å². The number of hydrogen-bond acceptors (Lipinski definition) is 6. The maximum absolute atomic E-state index is 13.7. The van der Waals surface area contributed by atoms with Gasteiger partial charge in [-0.05, 0) is 43.3 Å². The number of anilines is 1.